The molecule has 1 fully saturated rings. The minimum atomic E-state index is -0.753. The van der Waals surface area contributed by atoms with Gasteiger partial charge in [0.1, 0.15) is 5.82 Å². The smallest absolute Gasteiger partial charge is 0.340 e. The molecular weight excluding hydrogens is 323 g/mol. The van der Waals surface area contributed by atoms with Crippen LogP contribution in [0, 0.1) is 5.82 Å². The summed E-state index contributed by atoms with van der Waals surface area (Å²) in [5, 5.41) is 5.91. The van der Waals surface area contributed by atoms with Gasteiger partial charge in [-0.25, -0.2) is 9.18 Å². The average Bonchev–Trinajstić information content (AvgIpc) is 3.12. The topological polar surface area (TPSA) is 67.4 Å². The second-order valence-corrected chi connectivity index (χ2v) is 5.91. The molecule has 1 heterocycles. The van der Waals surface area contributed by atoms with Crippen molar-refractivity contribution in [2.24, 2.45) is 0 Å². The zero-order valence-electron chi connectivity index (χ0n) is 13.8. The first-order valence-electron chi connectivity index (χ1n) is 8.07. The van der Waals surface area contributed by atoms with Crippen LogP contribution in [0.1, 0.15) is 28.3 Å². The van der Waals surface area contributed by atoms with Gasteiger partial charge in [-0.3, -0.25) is 4.79 Å². The maximum atomic E-state index is 14.0. The molecule has 0 aromatic heterocycles. The first-order valence-corrected chi connectivity index (χ1v) is 8.07. The summed E-state index contributed by atoms with van der Waals surface area (Å²) in [5.74, 6) is -1.64. The third-order valence-corrected chi connectivity index (χ3v) is 4.37. The number of amides is 1. The molecule has 1 amide bonds. The summed E-state index contributed by atoms with van der Waals surface area (Å²) in [6.45, 7) is 0.743. The highest BCUT2D eigenvalue weighted by atomic mass is 19.1. The molecule has 2 atom stereocenters. The molecule has 2 N–H and O–H groups in total. The number of nitrogens with one attached hydrogen (secondary N) is 2. The molecule has 0 saturated carbocycles. The highest BCUT2D eigenvalue weighted by Crippen LogP contribution is 2.28. The van der Waals surface area contributed by atoms with E-state index in [0.29, 0.717) is 5.69 Å². The van der Waals surface area contributed by atoms with Gasteiger partial charge < -0.3 is 15.4 Å². The molecule has 1 saturated heterocycles. The highest BCUT2D eigenvalue weighted by Gasteiger charge is 2.33. The van der Waals surface area contributed by atoms with E-state index in [4.69, 9.17) is 0 Å². The van der Waals surface area contributed by atoms with Gasteiger partial charge in [0.2, 0.25) is 5.91 Å². The number of hydrogen-bond acceptors (Lipinski definition) is 4. The van der Waals surface area contributed by atoms with Crippen LogP contribution in [0.2, 0.25) is 0 Å². The monoisotopic (exact) mass is 342 g/mol. The third kappa shape index (κ3) is 3.69. The molecule has 2 aromatic carbocycles. The van der Waals surface area contributed by atoms with E-state index in [9.17, 15) is 14.0 Å². The molecule has 130 valence electrons. The van der Waals surface area contributed by atoms with Gasteiger partial charge in [0, 0.05) is 11.6 Å². The standard InChI is InChI=1S/C19H19FN2O3/c1-25-19(24)15-8-7-13(11-16(15)20)22-18(23)17-14(9-10-21-17)12-5-3-2-4-6-12/h2-8,11,14,17,21H,9-10H2,1H3,(H,22,23)/t14-,17-/m0/s1. The van der Waals surface area contributed by atoms with Crippen LogP contribution in [-0.4, -0.2) is 31.6 Å². The second kappa shape index (κ2) is 7.44. The van der Waals surface area contributed by atoms with Crippen molar-refractivity contribution in [1.29, 1.82) is 0 Å². The Morgan fingerprint density at radius 2 is 1.96 bits per heavy atom. The minimum Gasteiger partial charge on any atom is -0.465 e. The Hall–Kier alpha value is -2.73. The van der Waals surface area contributed by atoms with E-state index in [-0.39, 0.29) is 23.4 Å². The van der Waals surface area contributed by atoms with Gasteiger partial charge >= 0.3 is 5.97 Å². The van der Waals surface area contributed by atoms with Crippen LogP contribution in [0.3, 0.4) is 0 Å². The average molecular weight is 342 g/mol. The SMILES string of the molecule is COC(=O)c1ccc(NC(=O)[C@H]2NCC[C@H]2c2ccccc2)cc1F. The van der Waals surface area contributed by atoms with Crippen LogP contribution >= 0.6 is 0 Å². The molecule has 0 unspecified atom stereocenters. The lowest BCUT2D eigenvalue weighted by atomic mass is 9.91. The molecule has 2 aromatic rings. The first kappa shape index (κ1) is 17.1. The Morgan fingerprint density at radius 1 is 1.20 bits per heavy atom. The van der Waals surface area contributed by atoms with Gasteiger partial charge in [-0.05, 0) is 36.7 Å². The van der Waals surface area contributed by atoms with Crippen molar-refractivity contribution < 1.29 is 18.7 Å². The van der Waals surface area contributed by atoms with Gasteiger partial charge in [0.05, 0.1) is 18.7 Å². The second-order valence-electron chi connectivity index (χ2n) is 5.91. The van der Waals surface area contributed by atoms with Crippen LogP contribution in [0.4, 0.5) is 10.1 Å². The van der Waals surface area contributed by atoms with E-state index in [0.717, 1.165) is 24.6 Å². The number of carbonyl (C=O) groups excluding carboxylic acids is 2. The molecule has 3 rings (SSSR count). The molecule has 0 spiro atoms. The molecule has 5 nitrogen and oxygen atoms in total. The highest BCUT2D eigenvalue weighted by molar-refractivity contribution is 5.96. The van der Waals surface area contributed by atoms with Crippen LogP contribution in [-0.2, 0) is 9.53 Å². The molecule has 0 bridgehead atoms. The lowest BCUT2D eigenvalue weighted by Gasteiger charge is -2.19. The number of anilines is 1. The third-order valence-electron chi connectivity index (χ3n) is 4.37. The van der Waals surface area contributed by atoms with Gasteiger partial charge in [-0.2, -0.15) is 0 Å². The van der Waals surface area contributed by atoms with Crippen LogP contribution < -0.4 is 10.6 Å². The fourth-order valence-corrected chi connectivity index (χ4v) is 3.13. The van der Waals surface area contributed by atoms with E-state index in [1.165, 1.54) is 19.2 Å². The van der Waals surface area contributed by atoms with Gasteiger partial charge in [0.15, 0.2) is 0 Å². The molecule has 6 heteroatoms. The van der Waals surface area contributed by atoms with Crippen molar-refractivity contribution in [2.75, 3.05) is 19.0 Å². The molecular formula is C19H19FN2O3. The fourth-order valence-electron chi connectivity index (χ4n) is 3.13. The van der Waals surface area contributed by atoms with E-state index >= 15 is 0 Å². The van der Waals surface area contributed by atoms with Gasteiger partial charge in [0.25, 0.3) is 0 Å². The Bertz CT molecular complexity index is 779. The lowest BCUT2D eigenvalue weighted by Crippen LogP contribution is -2.39. The van der Waals surface area contributed by atoms with E-state index < -0.39 is 11.8 Å². The van der Waals surface area contributed by atoms with Crippen molar-refractivity contribution in [3.05, 3.63) is 65.5 Å². The number of halogens is 1. The zero-order valence-corrected chi connectivity index (χ0v) is 13.8. The summed E-state index contributed by atoms with van der Waals surface area (Å²) >= 11 is 0. The fraction of sp³-hybridized carbons (Fsp3) is 0.263. The van der Waals surface area contributed by atoms with E-state index in [1.807, 2.05) is 30.3 Å². The molecule has 25 heavy (non-hydrogen) atoms. The summed E-state index contributed by atoms with van der Waals surface area (Å²) < 4.78 is 18.5. The predicted molar refractivity (Wildman–Crippen MR) is 92.0 cm³/mol. The van der Waals surface area contributed by atoms with Crippen molar-refractivity contribution in [1.82, 2.24) is 5.32 Å². The number of esters is 1. The number of hydrogen-bond donors (Lipinski definition) is 2. The Kier molecular flexibility index (Phi) is 5.09. The summed E-state index contributed by atoms with van der Waals surface area (Å²) in [7, 11) is 1.19. The zero-order chi connectivity index (χ0) is 17.8. The van der Waals surface area contributed by atoms with Crippen LogP contribution in [0.5, 0.6) is 0 Å². The Labute approximate surface area is 145 Å². The first-order chi connectivity index (χ1) is 12.1. The lowest BCUT2D eigenvalue weighted by molar-refractivity contribution is -0.118. The molecule has 0 radical (unpaired) electrons. The number of ether oxygens (including phenoxy) is 1. The molecule has 0 aliphatic carbocycles. The van der Waals surface area contributed by atoms with Crippen molar-refractivity contribution >= 4 is 17.6 Å². The maximum Gasteiger partial charge on any atom is 0.340 e. The Morgan fingerprint density at radius 3 is 2.64 bits per heavy atom. The van der Waals surface area contributed by atoms with Gasteiger partial charge in [-0.1, -0.05) is 30.3 Å². The van der Waals surface area contributed by atoms with Crippen molar-refractivity contribution in [3.8, 4) is 0 Å². The normalized spacial score (nSPS) is 19.4. The molecule has 1 aliphatic heterocycles. The van der Waals surface area contributed by atoms with Crippen LogP contribution in [0.25, 0.3) is 0 Å². The quantitative estimate of drug-likeness (QED) is 0.839. The minimum absolute atomic E-state index is 0.0698. The molecule has 1 aliphatic rings. The van der Waals surface area contributed by atoms with Crippen molar-refractivity contribution in [3.63, 3.8) is 0 Å². The van der Waals surface area contributed by atoms with E-state index in [1.54, 1.807) is 0 Å². The predicted octanol–water partition coefficient (Wildman–Crippen LogP) is 2.70. The number of benzene rings is 2. The van der Waals surface area contributed by atoms with Crippen molar-refractivity contribution in [2.45, 2.75) is 18.4 Å². The summed E-state index contributed by atoms with van der Waals surface area (Å²) in [4.78, 5) is 24.0. The summed E-state index contributed by atoms with van der Waals surface area (Å²) in [6.07, 6.45) is 0.859. The van der Waals surface area contributed by atoms with Gasteiger partial charge in [-0.15, -0.1) is 0 Å². The number of carbonyl (C=O) groups is 2. The summed E-state index contributed by atoms with van der Waals surface area (Å²) in [5.41, 5.74) is 1.23. The number of methoxy groups -OCH3 is 1. The summed E-state index contributed by atoms with van der Waals surface area (Å²) in [6, 6.07) is 13.4. The maximum absolute atomic E-state index is 14.0. The largest absolute Gasteiger partial charge is 0.465 e. The number of rotatable bonds is 4. The van der Waals surface area contributed by atoms with E-state index in [2.05, 4.69) is 15.4 Å². The Balaban J connectivity index is 1.73. The van der Waals surface area contributed by atoms with Crippen LogP contribution in [0.15, 0.2) is 48.5 Å².